The molecule has 0 spiro atoms. The van der Waals surface area contributed by atoms with Gasteiger partial charge >= 0.3 is 0 Å². The number of hydrogen-bond donors (Lipinski definition) is 1. The van der Waals surface area contributed by atoms with Crippen molar-refractivity contribution >= 4 is 27.3 Å². The number of aryl methyl sites for hydroxylation is 1. The van der Waals surface area contributed by atoms with Gasteiger partial charge in [0.1, 0.15) is 0 Å². The van der Waals surface area contributed by atoms with Gasteiger partial charge in [0.25, 0.3) is 0 Å². The first kappa shape index (κ1) is 11.2. The molecule has 1 heterocycles. The average Bonchev–Trinajstić information content (AvgIpc) is 2.41. The molecule has 0 unspecified atom stereocenters. The van der Waals surface area contributed by atoms with E-state index in [9.17, 15) is 0 Å². The Balaban J connectivity index is 2.29. The minimum Gasteiger partial charge on any atom is -0.312 e. The van der Waals surface area contributed by atoms with Crippen molar-refractivity contribution in [2.45, 2.75) is 33.2 Å². The van der Waals surface area contributed by atoms with Gasteiger partial charge in [0.05, 0.1) is 3.79 Å². The summed E-state index contributed by atoms with van der Waals surface area (Å²) in [7, 11) is 0. The quantitative estimate of drug-likeness (QED) is 0.798. The molecule has 0 fully saturated rings. The third-order valence-electron chi connectivity index (χ3n) is 1.91. The Labute approximate surface area is 92.7 Å². The predicted molar refractivity (Wildman–Crippen MR) is 63.4 cm³/mol. The highest BCUT2D eigenvalue weighted by Gasteiger charge is 2.01. The fourth-order valence-corrected chi connectivity index (χ4v) is 2.72. The first-order valence-corrected chi connectivity index (χ1v) is 6.30. The highest BCUT2D eigenvalue weighted by Crippen LogP contribution is 2.26. The lowest BCUT2D eigenvalue weighted by Crippen LogP contribution is -2.13. The number of nitrogens with one attached hydrogen (secondary N) is 1. The van der Waals surface area contributed by atoms with Crippen molar-refractivity contribution in [3.05, 3.63) is 20.3 Å². The van der Waals surface area contributed by atoms with Crippen LogP contribution in [0.1, 0.15) is 30.2 Å². The number of halogens is 1. The maximum atomic E-state index is 3.53. The van der Waals surface area contributed by atoms with E-state index in [1.165, 1.54) is 27.1 Å². The smallest absolute Gasteiger partial charge is 0.0730 e. The van der Waals surface area contributed by atoms with Crippen molar-refractivity contribution in [2.24, 2.45) is 0 Å². The van der Waals surface area contributed by atoms with Crippen molar-refractivity contribution in [3.63, 3.8) is 0 Å². The summed E-state index contributed by atoms with van der Waals surface area (Å²) in [6.07, 6.45) is 2.53. The molecular weight excluding hydrogens is 246 g/mol. The summed E-state index contributed by atoms with van der Waals surface area (Å²) in [5.74, 6) is 0. The zero-order valence-electron chi connectivity index (χ0n) is 8.19. The Morgan fingerprint density at radius 1 is 1.54 bits per heavy atom. The van der Waals surface area contributed by atoms with E-state index in [0.717, 1.165) is 13.1 Å². The normalized spacial score (nSPS) is 10.7. The van der Waals surface area contributed by atoms with Crippen LogP contribution in [0.2, 0.25) is 0 Å². The summed E-state index contributed by atoms with van der Waals surface area (Å²) in [5.41, 5.74) is 1.34. The van der Waals surface area contributed by atoms with Crippen LogP contribution in [0.15, 0.2) is 9.85 Å². The lowest BCUT2D eigenvalue weighted by atomic mass is 10.3. The molecule has 1 nitrogen and oxygen atoms in total. The van der Waals surface area contributed by atoms with Gasteiger partial charge in [-0.1, -0.05) is 13.3 Å². The van der Waals surface area contributed by atoms with E-state index in [0.29, 0.717) is 0 Å². The molecule has 0 aliphatic carbocycles. The molecule has 0 aliphatic heterocycles. The zero-order chi connectivity index (χ0) is 9.68. The lowest BCUT2D eigenvalue weighted by molar-refractivity contribution is 0.646. The van der Waals surface area contributed by atoms with Crippen molar-refractivity contribution in [1.29, 1.82) is 0 Å². The van der Waals surface area contributed by atoms with Gasteiger partial charge in [-0.05, 0) is 47.4 Å². The second kappa shape index (κ2) is 5.78. The van der Waals surface area contributed by atoms with Crippen LogP contribution in [0.5, 0.6) is 0 Å². The van der Waals surface area contributed by atoms with Crippen molar-refractivity contribution in [2.75, 3.05) is 6.54 Å². The fourth-order valence-electron chi connectivity index (χ4n) is 1.12. The molecule has 1 aromatic rings. The van der Waals surface area contributed by atoms with Crippen LogP contribution in [0, 0.1) is 6.92 Å². The summed E-state index contributed by atoms with van der Waals surface area (Å²) < 4.78 is 1.26. The topological polar surface area (TPSA) is 12.0 Å². The van der Waals surface area contributed by atoms with E-state index in [4.69, 9.17) is 0 Å². The maximum Gasteiger partial charge on any atom is 0.0730 e. The molecule has 0 aromatic carbocycles. The molecule has 0 aliphatic rings. The van der Waals surface area contributed by atoms with Gasteiger partial charge in [-0.2, -0.15) is 0 Å². The Hall–Kier alpha value is 0.140. The van der Waals surface area contributed by atoms with Gasteiger partial charge in [0, 0.05) is 11.4 Å². The molecule has 1 aromatic heterocycles. The van der Waals surface area contributed by atoms with E-state index in [1.807, 2.05) is 11.3 Å². The number of hydrogen-bond acceptors (Lipinski definition) is 2. The number of unbranched alkanes of at least 4 members (excludes halogenated alkanes) is 1. The molecule has 0 atom stereocenters. The van der Waals surface area contributed by atoms with Gasteiger partial charge < -0.3 is 5.32 Å². The van der Waals surface area contributed by atoms with Gasteiger partial charge in [0.15, 0.2) is 0 Å². The molecule has 1 N–H and O–H groups in total. The van der Waals surface area contributed by atoms with Crippen molar-refractivity contribution in [1.82, 2.24) is 5.32 Å². The van der Waals surface area contributed by atoms with Crippen LogP contribution in [-0.2, 0) is 6.54 Å². The molecule has 0 bridgehead atoms. The fraction of sp³-hybridized carbons (Fsp3) is 0.600. The van der Waals surface area contributed by atoms with E-state index < -0.39 is 0 Å². The third kappa shape index (κ3) is 3.79. The van der Waals surface area contributed by atoms with Crippen LogP contribution in [0.25, 0.3) is 0 Å². The van der Waals surface area contributed by atoms with Gasteiger partial charge in [-0.3, -0.25) is 0 Å². The van der Waals surface area contributed by atoms with Crippen LogP contribution in [0.3, 0.4) is 0 Å². The van der Waals surface area contributed by atoms with Crippen LogP contribution in [-0.4, -0.2) is 6.54 Å². The van der Waals surface area contributed by atoms with Crippen molar-refractivity contribution in [3.8, 4) is 0 Å². The number of rotatable bonds is 5. The highest BCUT2D eigenvalue weighted by molar-refractivity contribution is 9.11. The standard InChI is InChI=1S/C10H16BrNS/c1-3-4-5-12-7-9-6-8(2)10(11)13-9/h6,12H,3-5,7H2,1-2H3. The third-order valence-corrected chi connectivity index (χ3v) is 4.05. The van der Waals surface area contributed by atoms with Gasteiger partial charge in [-0.25, -0.2) is 0 Å². The van der Waals surface area contributed by atoms with Crippen LogP contribution < -0.4 is 5.32 Å². The largest absolute Gasteiger partial charge is 0.312 e. The first-order chi connectivity index (χ1) is 6.24. The lowest BCUT2D eigenvalue weighted by Gasteiger charge is -1.99. The summed E-state index contributed by atoms with van der Waals surface area (Å²) in [6, 6.07) is 2.24. The van der Waals surface area contributed by atoms with Crippen LogP contribution in [0.4, 0.5) is 0 Å². The number of thiophene rings is 1. The molecule has 74 valence electrons. The van der Waals surface area contributed by atoms with E-state index in [-0.39, 0.29) is 0 Å². The molecule has 3 heteroatoms. The summed E-state index contributed by atoms with van der Waals surface area (Å²) in [6.45, 7) is 6.49. The Morgan fingerprint density at radius 2 is 2.31 bits per heavy atom. The molecular formula is C10H16BrNS. The maximum absolute atomic E-state index is 3.53. The Morgan fingerprint density at radius 3 is 2.85 bits per heavy atom. The Bertz CT molecular complexity index is 238. The minimum atomic E-state index is 1.01. The van der Waals surface area contributed by atoms with E-state index >= 15 is 0 Å². The molecule has 0 saturated carbocycles. The summed E-state index contributed by atoms with van der Waals surface area (Å²) >= 11 is 5.36. The van der Waals surface area contributed by atoms with Crippen molar-refractivity contribution < 1.29 is 0 Å². The van der Waals surface area contributed by atoms with Gasteiger partial charge in [-0.15, -0.1) is 11.3 Å². The average molecular weight is 262 g/mol. The second-order valence-electron chi connectivity index (χ2n) is 3.20. The van der Waals surface area contributed by atoms with Crippen LogP contribution >= 0.6 is 27.3 Å². The first-order valence-electron chi connectivity index (χ1n) is 4.69. The highest BCUT2D eigenvalue weighted by atomic mass is 79.9. The summed E-state index contributed by atoms with van der Waals surface area (Å²) in [5, 5.41) is 3.43. The monoisotopic (exact) mass is 261 g/mol. The molecule has 0 saturated heterocycles. The second-order valence-corrected chi connectivity index (χ2v) is 5.65. The predicted octanol–water partition coefficient (Wildman–Crippen LogP) is 3.71. The molecule has 0 amide bonds. The van der Waals surface area contributed by atoms with E-state index in [1.54, 1.807) is 0 Å². The SMILES string of the molecule is CCCCNCc1cc(C)c(Br)s1. The Kier molecular flexibility index (Phi) is 4.99. The molecule has 1 rings (SSSR count). The minimum absolute atomic E-state index is 1.01. The molecule has 0 radical (unpaired) electrons. The zero-order valence-corrected chi connectivity index (χ0v) is 10.6. The molecule has 13 heavy (non-hydrogen) atoms. The summed E-state index contributed by atoms with van der Waals surface area (Å²) in [4.78, 5) is 1.42. The van der Waals surface area contributed by atoms with Gasteiger partial charge in [0.2, 0.25) is 0 Å². The van der Waals surface area contributed by atoms with E-state index in [2.05, 4.69) is 41.2 Å².